The molecule has 11 heteroatoms. The Bertz CT molecular complexity index is 1000. The molecule has 0 aromatic heterocycles. The van der Waals surface area contributed by atoms with Gasteiger partial charge in [0.15, 0.2) is 0 Å². The molecule has 5 N–H and O–H groups in total. The maximum absolute atomic E-state index is 14.2. The van der Waals surface area contributed by atoms with E-state index in [0.717, 1.165) is 44.9 Å². The SMILES string of the molecule is CCCCCC(C)(C)[C@H]1C[C@@H](C(=O)NC(CC2CCC2)C(=O)C(N)=O)N(C(=O)[C@@H](NC(=O)NC2COC2)C(C)(C)C)C1. The quantitative estimate of drug-likeness (QED) is 0.179. The molecular formula is C31H53N5O6. The molecule has 2 saturated heterocycles. The van der Waals surface area contributed by atoms with Gasteiger partial charge >= 0.3 is 6.03 Å². The van der Waals surface area contributed by atoms with E-state index in [-0.39, 0.29) is 29.2 Å². The van der Waals surface area contributed by atoms with Crippen LogP contribution in [0.1, 0.15) is 99.3 Å². The second-order valence-electron chi connectivity index (χ2n) is 14.4. The Balaban J connectivity index is 1.85. The molecule has 238 valence electrons. The Kier molecular flexibility index (Phi) is 11.4. The van der Waals surface area contributed by atoms with Gasteiger partial charge in [0.1, 0.15) is 12.1 Å². The number of rotatable bonds is 14. The van der Waals surface area contributed by atoms with Crippen molar-refractivity contribution in [3.8, 4) is 0 Å². The second-order valence-corrected chi connectivity index (χ2v) is 14.4. The molecule has 2 aliphatic heterocycles. The summed E-state index contributed by atoms with van der Waals surface area (Å²) >= 11 is 0. The largest absolute Gasteiger partial charge is 0.377 e. The van der Waals surface area contributed by atoms with Crippen molar-refractivity contribution in [3.63, 3.8) is 0 Å². The number of nitrogens with two attached hydrogens (primary N) is 1. The zero-order valence-corrected chi connectivity index (χ0v) is 26.4. The molecule has 11 nitrogen and oxygen atoms in total. The summed E-state index contributed by atoms with van der Waals surface area (Å²) in [6.07, 6.45) is 7.94. The Morgan fingerprint density at radius 2 is 1.67 bits per heavy atom. The molecular weight excluding hydrogens is 538 g/mol. The van der Waals surface area contributed by atoms with Gasteiger partial charge in [-0.25, -0.2) is 4.79 Å². The van der Waals surface area contributed by atoms with Crippen LogP contribution in [0.25, 0.3) is 0 Å². The molecule has 3 rings (SSSR count). The summed E-state index contributed by atoms with van der Waals surface area (Å²) < 4.78 is 5.14. The highest BCUT2D eigenvalue weighted by molar-refractivity contribution is 6.37. The summed E-state index contributed by atoms with van der Waals surface area (Å²) in [6, 6.07) is -3.31. The lowest BCUT2D eigenvalue weighted by Gasteiger charge is -2.37. The summed E-state index contributed by atoms with van der Waals surface area (Å²) in [7, 11) is 0. The summed E-state index contributed by atoms with van der Waals surface area (Å²) in [5, 5.41) is 8.50. The molecule has 1 unspecified atom stereocenters. The molecule has 2 heterocycles. The lowest BCUT2D eigenvalue weighted by Crippen LogP contribution is -2.61. The van der Waals surface area contributed by atoms with Gasteiger partial charge in [-0.15, -0.1) is 0 Å². The number of Topliss-reactive ketones (excluding diaryl/α,β-unsaturated/α-hetero) is 1. The van der Waals surface area contributed by atoms with Crippen molar-refractivity contribution in [1.82, 2.24) is 20.9 Å². The number of nitrogens with one attached hydrogen (secondary N) is 3. The third-order valence-corrected chi connectivity index (χ3v) is 9.45. The number of urea groups is 1. The van der Waals surface area contributed by atoms with Crippen LogP contribution in [0.3, 0.4) is 0 Å². The zero-order chi connectivity index (χ0) is 31.2. The topological polar surface area (TPSA) is 160 Å². The van der Waals surface area contributed by atoms with E-state index in [0.29, 0.717) is 32.6 Å². The van der Waals surface area contributed by atoms with Crippen LogP contribution in [-0.4, -0.2) is 78.4 Å². The minimum Gasteiger partial charge on any atom is -0.377 e. The normalized spacial score (nSPS) is 22.9. The van der Waals surface area contributed by atoms with Gasteiger partial charge in [0.2, 0.25) is 17.6 Å². The third kappa shape index (κ3) is 8.67. The van der Waals surface area contributed by atoms with Gasteiger partial charge in [0.05, 0.1) is 25.3 Å². The number of hydrogen-bond donors (Lipinski definition) is 4. The molecule has 0 aromatic carbocycles. The van der Waals surface area contributed by atoms with Crippen LogP contribution in [0.15, 0.2) is 0 Å². The smallest absolute Gasteiger partial charge is 0.315 e. The average Bonchev–Trinajstić information content (AvgIpc) is 3.31. The molecule has 4 atom stereocenters. The van der Waals surface area contributed by atoms with Crippen LogP contribution < -0.4 is 21.7 Å². The lowest BCUT2D eigenvalue weighted by molar-refractivity contribution is -0.143. The first kappa shape index (κ1) is 33.8. The average molecular weight is 592 g/mol. The van der Waals surface area contributed by atoms with Crippen LogP contribution in [0.4, 0.5) is 4.79 Å². The van der Waals surface area contributed by atoms with E-state index < -0.39 is 47.2 Å². The van der Waals surface area contributed by atoms with Crippen LogP contribution >= 0.6 is 0 Å². The first-order valence-corrected chi connectivity index (χ1v) is 15.7. The molecule has 0 bridgehead atoms. The Labute approximate surface area is 250 Å². The van der Waals surface area contributed by atoms with E-state index >= 15 is 0 Å². The number of ketones is 1. The molecule has 5 amide bonds. The standard InChI is InChI=1S/C31H53N5O6/c1-7-8-9-13-31(5,6)20-15-23(27(39)34-22(24(37)26(32)38)14-19-11-10-12-19)36(16-20)28(40)25(30(2,3)4)35-29(41)33-21-17-42-18-21/h19-23,25H,7-18H2,1-6H3,(H2,32,38)(H,34,39)(H2,33,35,41)/t20-,22?,23-,25+/m0/s1. The predicted molar refractivity (Wildman–Crippen MR) is 159 cm³/mol. The van der Waals surface area contributed by atoms with Crippen molar-refractivity contribution in [1.29, 1.82) is 0 Å². The van der Waals surface area contributed by atoms with E-state index in [9.17, 15) is 24.0 Å². The lowest BCUT2D eigenvalue weighted by atomic mass is 9.74. The highest BCUT2D eigenvalue weighted by Gasteiger charge is 2.49. The van der Waals surface area contributed by atoms with Crippen molar-refractivity contribution >= 4 is 29.5 Å². The highest BCUT2D eigenvalue weighted by atomic mass is 16.5. The van der Waals surface area contributed by atoms with E-state index in [2.05, 4.69) is 36.7 Å². The van der Waals surface area contributed by atoms with E-state index in [1.807, 2.05) is 20.8 Å². The van der Waals surface area contributed by atoms with Crippen molar-refractivity contribution in [3.05, 3.63) is 0 Å². The number of likely N-dealkylation sites (tertiary alicyclic amines) is 1. The number of unbranched alkanes of at least 4 members (excludes halogenated alkanes) is 2. The van der Waals surface area contributed by atoms with Gasteiger partial charge in [-0.2, -0.15) is 0 Å². The maximum atomic E-state index is 14.2. The molecule has 3 fully saturated rings. The summed E-state index contributed by atoms with van der Waals surface area (Å²) in [4.78, 5) is 67.0. The summed E-state index contributed by atoms with van der Waals surface area (Å²) in [5.41, 5.74) is 4.56. The second kappa shape index (κ2) is 14.2. The predicted octanol–water partition coefficient (Wildman–Crippen LogP) is 2.65. The van der Waals surface area contributed by atoms with Gasteiger partial charge in [-0.05, 0) is 41.9 Å². The van der Waals surface area contributed by atoms with Crippen molar-refractivity contribution in [2.24, 2.45) is 28.4 Å². The monoisotopic (exact) mass is 591 g/mol. The van der Waals surface area contributed by atoms with Crippen molar-refractivity contribution in [2.45, 2.75) is 123 Å². The van der Waals surface area contributed by atoms with Crippen molar-refractivity contribution in [2.75, 3.05) is 19.8 Å². The first-order chi connectivity index (χ1) is 19.6. The first-order valence-electron chi connectivity index (χ1n) is 15.7. The highest BCUT2D eigenvalue weighted by Crippen LogP contribution is 2.42. The fourth-order valence-electron chi connectivity index (χ4n) is 6.15. The van der Waals surface area contributed by atoms with Crippen molar-refractivity contribution < 1.29 is 28.7 Å². The van der Waals surface area contributed by atoms with Crippen LogP contribution in [0, 0.1) is 22.7 Å². The molecule has 0 aromatic rings. The van der Waals surface area contributed by atoms with E-state index in [1.165, 1.54) is 0 Å². The molecule has 42 heavy (non-hydrogen) atoms. The number of carbonyl (C=O) groups is 5. The molecule has 1 aliphatic carbocycles. The van der Waals surface area contributed by atoms with Gasteiger partial charge in [0.25, 0.3) is 5.91 Å². The van der Waals surface area contributed by atoms with Crippen LogP contribution in [-0.2, 0) is 23.9 Å². The summed E-state index contributed by atoms with van der Waals surface area (Å²) in [6.45, 7) is 13.4. The van der Waals surface area contributed by atoms with Crippen LogP contribution in [0.5, 0.6) is 0 Å². The number of nitrogens with zero attached hydrogens (tertiary/aromatic N) is 1. The fraction of sp³-hybridized carbons (Fsp3) is 0.839. The van der Waals surface area contributed by atoms with Crippen LogP contribution in [0.2, 0.25) is 0 Å². The Hall–Kier alpha value is -2.69. The minimum absolute atomic E-state index is 0.0348. The number of carbonyl (C=O) groups excluding carboxylic acids is 5. The van der Waals surface area contributed by atoms with Gasteiger partial charge in [0, 0.05) is 6.54 Å². The zero-order valence-electron chi connectivity index (χ0n) is 26.4. The molecule has 0 radical (unpaired) electrons. The molecule has 3 aliphatic rings. The van der Waals surface area contributed by atoms with Gasteiger partial charge in [-0.3, -0.25) is 19.2 Å². The Morgan fingerprint density at radius 3 is 2.17 bits per heavy atom. The number of hydrogen-bond acceptors (Lipinski definition) is 6. The van der Waals surface area contributed by atoms with E-state index in [1.54, 1.807) is 4.90 Å². The maximum Gasteiger partial charge on any atom is 0.315 e. The van der Waals surface area contributed by atoms with E-state index in [4.69, 9.17) is 10.5 Å². The molecule has 1 saturated carbocycles. The Morgan fingerprint density at radius 1 is 1.00 bits per heavy atom. The number of ether oxygens (including phenoxy) is 1. The minimum atomic E-state index is -1.08. The number of amides is 5. The third-order valence-electron chi connectivity index (χ3n) is 9.45. The number of primary amides is 1. The summed E-state index contributed by atoms with van der Waals surface area (Å²) in [5.74, 6) is -2.40. The van der Waals surface area contributed by atoms with Gasteiger partial charge in [-0.1, -0.05) is 80.1 Å². The van der Waals surface area contributed by atoms with Gasteiger partial charge < -0.3 is 31.3 Å². The fourth-order valence-corrected chi connectivity index (χ4v) is 6.15. The molecule has 0 spiro atoms.